The number of aromatic nitrogens is 1. The van der Waals surface area contributed by atoms with Crippen LogP contribution in [0.3, 0.4) is 0 Å². The largest absolute Gasteiger partial charge is 0.388 e. The molecule has 164 valence electrons. The van der Waals surface area contributed by atoms with Crippen LogP contribution >= 0.6 is 11.6 Å². The molecule has 31 heavy (non-hydrogen) atoms. The zero-order valence-electron chi connectivity index (χ0n) is 18.4. The van der Waals surface area contributed by atoms with E-state index in [0.717, 1.165) is 28.6 Å². The fourth-order valence-electron chi connectivity index (χ4n) is 3.68. The molecule has 1 heterocycles. The molecule has 5 heteroatoms. The number of hydrogen-bond acceptors (Lipinski definition) is 3. The second-order valence-corrected chi connectivity index (χ2v) is 8.56. The predicted octanol–water partition coefficient (Wildman–Crippen LogP) is 6.48. The molecule has 0 atom stereocenters. The van der Waals surface area contributed by atoms with E-state index in [2.05, 4.69) is 46.8 Å². The van der Waals surface area contributed by atoms with Gasteiger partial charge in [-0.3, -0.25) is 9.78 Å². The minimum atomic E-state index is 0.512. The fourth-order valence-corrected chi connectivity index (χ4v) is 3.86. The van der Waals surface area contributed by atoms with Gasteiger partial charge in [0.25, 0.3) is 0 Å². The van der Waals surface area contributed by atoms with Gasteiger partial charge in [-0.25, -0.2) is 0 Å². The molecular weight excluding hydrogens is 406 g/mol. The molecule has 5 rings (SSSR count). The van der Waals surface area contributed by atoms with Gasteiger partial charge in [0.05, 0.1) is 5.52 Å². The van der Waals surface area contributed by atoms with Crippen LogP contribution < -0.4 is 10.6 Å². The molecule has 0 unspecified atom stereocenters. The van der Waals surface area contributed by atoms with Crippen molar-refractivity contribution in [1.82, 2.24) is 10.3 Å². The van der Waals surface area contributed by atoms with Gasteiger partial charge in [-0.15, -0.1) is 0 Å². The van der Waals surface area contributed by atoms with Crippen LogP contribution in [0.25, 0.3) is 10.9 Å². The molecule has 2 aliphatic carbocycles. The van der Waals surface area contributed by atoms with E-state index in [1.807, 2.05) is 37.5 Å². The molecule has 0 radical (unpaired) electrons. The third kappa shape index (κ3) is 6.44. The Morgan fingerprint density at radius 3 is 2.39 bits per heavy atom. The van der Waals surface area contributed by atoms with Crippen LogP contribution in [0.5, 0.6) is 0 Å². The summed E-state index contributed by atoms with van der Waals surface area (Å²) in [5, 5.41) is 7.87. The zero-order chi connectivity index (χ0) is 22.1. The van der Waals surface area contributed by atoms with Crippen molar-refractivity contribution in [2.75, 3.05) is 12.4 Å². The van der Waals surface area contributed by atoms with Crippen LogP contribution in [0.1, 0.15) is 55.6 Å². The minimum Gasteiger partial charge on any atom is -0.388 e. The monoisotopic (exact) mass is 437 g/mol. The molecule has 0 aliphatic heterocycles. The van der Waals surface area contributed by atoms with Crippen molar-refractivity contribution in [2.45, 2.75) is 57.4 Å². The van der Waals surface area contributed by atoms with Crippen LogP contribution in [0, 0.1) is 6.92 Å². The van der Waals surface area contributed by atoms with E-state index in [9.17, 15) is 4.79 Å². The number of carbonyl (C=O) groups is 1. The number of hydrogen-bond donors (Lipinski definition) is 2. The highest BCUT2D eigenvalue weighted by Gasteiger charge is 2.21. The van der Waals surface area contributed by atoms with Crippen LogP contribution in [-0.4, -0.2) is 24.5 Å². The van der Waals surface area contributed by atoms with Crippen LogP contribution in [-0.2, 0) is 4.79 Å². The van der Waals surface area contributed by atoms with Gasteiger partial charge >= 0.3 is 0 Å². The van der Waals surface area contributed by atoms with Crippen molar-refractivity contribution in [3.05, 3.63) is 70.9 Å². The first kappa shape index (κ1) is 23.1. The summed E-state index contributed by atoms with van der Waals surface area (Å²) in [5.74, 6) is 0.795. The van der Waals surface area contributed by atoms with E-state index in [-0.39, 0.29) is 0 Å². The first-order chi connectivity index (χ1) is 15.1. The second-order valence-electron chi connectivity index (χ2n) is 8.16. The lowest BCUT2D eigenvalue weighted by atomic mass is 9.78. The Morgan fingerprint density at radius 1 is 1.03 bits per heavy atom. The molecule has 2 aliphatic rings. The summed E-state index contributed by atoms with van der Waals surface area (Å²) in [7, 11) is 1.91. The van der Waals surface area contributed by atoms with E-state index in [4.69, 9.17) is 11.6 Å². The van der Waals surface area contributed by atoms with E-state index < -0.39 is 0 Å². The lowest BCUT2D eigenvalue weighted by Crippen LogP contribution is -2.33. The third-order valence-corrected chi connectivity index (χ3v) is 6.57. The van der Waals surface area contributed by atoms with Gasteiger partial charge in [0.15, 0.2) is 0 Å². The average molecular weight is 438 g/mol. The Labute approximate surface area is 190 Å². The van der Waals surface area contributed by atoms with Crippen molar-refractivity contribution >= 4 is 34.6 Å². The first-order valence-electron chi connectivity index (χ1n) is 11.1. The van der Waals surface area contributed by atoms with Crippen LogP contribution in [0.2, 0.25) is 5.02 Å². The summed E-state index contributed by atoms with van der Waals surface area (Å²) in [4.78, 5) is 13.9. The summed E-state index contributed by atoms with van der Waals surface area (Å²) < 4.78 is 0. The maximum Gasteiger partial charge on any atom is 0.207 e. The molecule has 2 N–H and O–H groups in total. The molecule has 1 aromatic heterocycles. The van der Waals surface area contributed by atoms with Gasteiger partial charge in [-0.05, 0) is 80.3 Å². The lowest BCUT2D eigenvalue weighted by molar-refractivity contribution is -0.110. The van der Waals surface area contributed by atoms with Gasteiger partial charge < -0.3 is 10.6 Å². The molecule has 2 fully saturated rings. The van der Waals surface area contributed by atoms with Crippen molar-refractivity contribution in [3.63, 3.8) is 0 Å². The van der Waals surface area contributed by atoms with E-state index in [1.54, 1.807) is 0 Å². The number of halogens is 1. The molecule has 2 saturated carbocycles. The number of anilines is 1. The molecule has 0 spiro atoms. The van der Waals surface area contributed by atoms with Crippen molar-refractivity contribution in [3.8, 4) is 0 Å². The zero-order valence-corrected chi connectivity index (χ0v) is 19.2. The second kappa shape index (κ2) is 11.7. The fraction of sp³-hybridized carbons (Fsp3) is 0.385. The Morgan fingerprint density at radius 2 is 1.81 bits per heavy atom. The number of benzene rings is 2. The highest BCUT2D eigenvalue weighted by molar-refractivity contribution is 6.31. The maximum atomic E-state index is 9.70. The number of rotatable bonds is 4. The number of amides is 1. The molecule has 3 aromatic rings. The molecule has 4 nitrogen and oxygen atoms in total. The number of nitrogens with one attached hydrogen (secondary N) is 2. The van der Waals surface area contributed by atoms with E-state index >= 15 is 0 Å². The molecular formula is C26H32ClN3O. The number of carbonyl (C=O) groups excluding carboxylic acids is 1. The van der Waals surface area contributed by atoms with Crippen molar-refractivity contribution in [2.24, 2.45) is 0 Å². The summed E-state index contributed by atoms with van der Waals surface area (Å²) in [5.41, 5.74) is 4.88. The Kier molecular flexibility index (Phi) is 8.72. The van der Waals surface area contributed by atoms with Crippen molar-refractivity contribution < 1.29 is 4.79 Å². The molecule has 0 bridgehead atoms. The lowest BCUT2D eigenvalue weighted by Gasteiger charge is -2.27. The maximum absolute atomic E-state index is 9.70. The number of fused-ring (bicyclic) bond motifs is 1. The van der Waals surface area contributed by atoms with Crippen LogP contribution in [0.4, 0.5) is 5.69 Å². The summed E-state index contributed by atoms with van der Waals surface area (Å²) in [6.07, 6.45) is 10.3. The van der Waals surface area contributed by atoms with E-state index in [1.165, 1.54) is 55.0 Å². The smallest absolute Gasteiger partial charge is 0.207 e. The van der Waals surface area contributed by atoms with Gasteiger partial charge in [-0.2, -0.15) is 0 Å². The summed E-state index contributed by atoms with van der Waals surface area (Å²) in [6.45, 7) is 2.12. The molecule has 1 amide bonds. The van der Waals surface area contributed by atoms with Gasteiger partial charge in [0, 0.05) is 35.4 Å². The molecule has 2 aromatic carbocycles. The standard InChI is InChI=1S/C11H13Cl.C10H10N2.C5H9NO/c1-8-10(9-4-2-5-9)6-3-7-11(8)12;1-11-9-5-4-8-3-2-6-12-10(8)7-9;7-4-6-5-2-1-3-5/h3,6-7,9H,2,4-5H2,1H3;2-7,11H,1H3;4-5H,1-3H2,(H,6,7). The summed E-state index contributed by atoms with van der Waals surface area (Å²) >= 11 is 6.04. The summed E-state index contributed by atoms with van der Waals surface area (Å²) in [6, 6.07) is 16.9. The average Bonchev–Trinajstić information content (AvgIpc) is 2.73. The van der Waals surface area contributed by atoms with Gasteiger partial charge in [0.2, 0.25) is 6.41 Å². The Balaban J connectivity index is 0.000000137. The normalized spacial score (nSPS) is 15.3. The van der Waals surface area contributed by atoms with Gasteiger partial charge in [0.1, 0.15) is 0 Å². The minimum absolute atomic E-state index is 0.512. The Hall–Kier alpha value is -2.59. The highest BCUT2D eigenvalue weighted by Crippen LogP contribution is 2.39. The number of nitrogens with zero attached hydrogens (tertiary/aromatic N) is 1. The SMILES string of the molecule is CNc1ccc2cccnc2c1.Cc1c(Cl)cccc1C1CCC1.O=CNC1CCC1. The van der Waals surface area contributed by atoms with E-state index in [0.29, 0.717) is 6.04 Å². The quantitative estimate of drug-likeness (QED) is 0.459. The number of pyridine rings is 1. The van der Waals surface area contributed by atoms with Gasteiger partial charge in [-0.1, -0.05) is 42.3 Å². The van der Waals surface area contributed by atoms with Crippen molar-refractivity contribution in [1.29, 1.82) is 0 Å². The molecule has 0 saturated heterocycles. The Bertz CT molecular complexity index is 983. The van der Waals surface area contributed by atoms with Crippen LogP contribution in [0.15, 0.2) is 54.7 Å². The predicted molar refractivity (Wildman–Crippen MR) is 131 cm³/mol. The third-order valence-electron chi connectivity index (χ3n) is 6.16. The topological polar surface area (TPSA) is 54.0 Å². The first-order valence-corrected chi connectivity index (χ1v) is 11.5. The highest BCUT2D eigenvalue weighted by atomic mass is 35.5.